The number of hydrogen-bond acceptors (Lipinski definition) is 5. The fraction of sp³-hybridized carbons (Fsp3) is 0.0909. The van der Waals surface area contributed by atoms with E-state index in [2.05, 4.69) is 10.4 Å². The molecule has 0 fully saturated rings. The van der Waals surface area contributed by atoms with Crippen LogP contribution in [0.5, 0.6) is 0 Å². The molecule has 8 nitrogen and oxygen atoms in total. The molecule has 0 spiro atoms. The Labute approximate surface area is 115 Å². The SMILES string of the molecule is Cn1cc(N)c(C(=O)Nc2ccc(S(N)(=O)=O)cc2)n1. The molecule has 106 valence electrons. The van der Waals surface area contributed by atoms with Gasteiger partial charge in [-0.2, -0.15) is 5.10 Å². The molecule has 1 aromatic heterocycles. The predicted octanol–water partition coefficient (Wildman–Crippen LogP) is -0.0980. The van der Waals surface area contributed by atoms with Gasteiger partial charge in [-0.3, -0.25) is 9.48 Å². The van der Waals surface area contributed by atoms with Gasteiger partial charge in [0.05, 0.1) is 10.6 Å². The van der Waals surface area contributed by atoms with E-state index in [4.69, 9.17) is 10.9 Å². The zero-order valence-electron chi connectivity index (χ0n) is 10.6. The van der Waals surface area contributed by atoms with Gasteiger partial charge in [0.2, 0.25) is 10.0 Å². The molecule has 0 aliphatic heterocycles. The Bertz CT molecular complexity index is 749. The summed E-state index contributed by atoms with van der Waals surface area (Å²) in [5, 5.41) is 11.5. The minimum atomic E-state index is -3.75. The van der Waals surface area contributed by atoms with Crippen molar-refractivity contribution >= 4 is 27.3 Å². The van der Waals surface area contributed by atoms with Crippen molar-refractivity contribution in [2.24, 2.45) is 12.2 Å². The Hall–Kier alpha value is -2.39. The molecule has 9 heteroatoms. The highest BCUT2D eigenvalue weighted by Gasteiger charge is 2.14. The Morgan fingerprint density at radius 1 is 1.30 bits per heavy atom. The summed E-state index contributed by atoms with van der Waals surface area (Å²) < 4.78 is 23.6. The van der Waals surface area contributed by atoms with Crippen molar-refractivity contribution < 1.29 is 13.2 Å². The zero-order chi connectivity index (χ0) is 14.9. The van der Waals surface area contributed by atoms with Crippen LogP contribution < -0.4 is 16.2 Å². The van der Waals surface area contributed by atoms with Crippen molar-refractivity contribution in [1.29, 1.82) is 0 Å². The van der Waals surface area contributed by atoms with Gasteiger partial charge in [-0.1, -0.05) is 0 Å². The fourth-order valence-corrected chi connectivity index (χ4v) is 2.12. The molecule has 1 amide bonds. The number of carbonyl (C=O) groups is 1. The number of nitrogens with zero attached hydrogens (tertiary/aromatic N) is 2. The second-order valence-corrected chi connectivity index (χ2v) is 5.69. The van der Waals surface area contributed by atoms with Crippen molar-refractivity contribution in [3.63, 3.8) is 0 Å². The van der Waals surface area contributed by atoms with E-state index in [1.54, 1.807) is 7.05 Å². The lowest BCUT2D eigenvalue weighted by molar-refractivity contribution is 0.102. The molecule has 0 saturated carbocycles. The third-order valence-electron chi connectivity index (χ3n) is 2.51. The maximum Gasteiger partial charge on any atom is 0.278 e. The molecule has 0 atom stereocenters. The first-order valence-electron chi connectivity index (χ1n) is 5.51. The number of nitrogens with two attached hydrogens (primary N) is 2. The van der Waals surface area contributed by atoms with E-state index in [1.165, 1.54) is 35.1 Å². The van der Waals surface area contributed by atoms with Crippen LogP contribution in [-0.4, -0.2) is 24.1 Å². The van der Waals surface area contributed by atoms with Gasteiger partial charge in [0.1, 0.15) is 0 Å². The normalized spacial score (nSPS) is 11.3. The molecule has 0 radical (unpaired) electrons. The van der Waals surface area contributed by atoms with E-state index in [0.29, 0.717) is 5.69 Å². The number of aryl methyl sites for hydroxylation is 1. The van der Waals surface area contributed by atoms with Crippen LogP contribution in [0.4, 0.5) is 11.4 Å². The van der Waals surface area contributed by atoms with Crippen LogP contribution >= 0.6 is 0 Å². The van der Waals surface area contributed by atoms with E-state index < -0.39 is 15.9 Å². The average molecular weight is 295 g/mol. The highest BCUT2D eigenvalue weighted by Crippen LogP contribution is 2.15. The third-order valence-corrected chi connectivity index (χ3v) is 3.44. The molecule has 2 aromatic rings. The Morgan fingerprint density at radius 2 is 1.90 bits per heavy atom. The van der Waals surface area contributed by atoms with Gasteiger partial charge in [-0.15, -0.1) is 0 Å². The lowest BCUT2D eigenvalue weighted by atomic mass is 10.3. The second kappa shape index (κ2) is 4.94. The van der Waals surface area contributed by atoms with E-state index >= 15 is 0 Å². The predicted molar refractivity (Wildman–Crippen MR) is 73.4 cm³/mol. The first kappa shape index (κ1) is 14.0. The number of primary sulfonamides is 1. The topological polar surface area (TPSA) is 133 Å². The number of aromatic nitrogens is 2. The fourth-order valence-electron chi connectivity index (χ4n) is 1.60. The van der Waals surface area contributed by atoms with Crippen LogP contribution in [0.2, 0.25) is 0 Å². The molecule has 2 rings (SSSR count). The molecule has 0 bridgehead atoms. The summed E-state index contributed by atoms with van der Waals surface area (Å²) in [7, 11) is -2.11. The molecule has 5 N–H and O–H groups in total. The number of amides is 1. The maximum absolute atomic E-state index is 11.9. The molecule has 0 aliphatic carbocycles. The van der Waals surface area contributed by atoms with Gasteiger partial charge in [-0.25, -0.2) is 13.6 Å². The molecule has 1 aromatic carbocycles. The summed E-state index contributed by atoms with van der Waals surface area (Å²) in [6, 6.07) is 5.45. The number of anilines is 2. The van der Waals surface area contributed by atoms with Crippen molar-refractivity contribution in [1.82, 2.24) is 9.78 Å². The lowest BCUT2D eigenvalue weighted by Crippen LogP contribution is -2.15. The van der Waals surface area contributed by atoms with Gasteiger partial charge >= 0.3 is 0 Å². The number of sulfonamides is 1. The van der Waals surface area contributed by atoms with Crippen LogP contribution in [0.15, 0.2) is 35.4 Å². The first-order chi connectivity index (χ1) is 9.27. The van der Waals surface area contributed by atoms with Crippen LogP contribution in [-0.2, 0) is 17.1 Å². The zero-order valence-corrected chi connectivity index (χ0v) is 11.4. The van der Waals surface area contributed by atoms with Crippen molar-refractivity contribution in [2.75, 3.05) is 11.1 Å². The number of nitrogen functional groups attached to an aromatic ring is 1. The second-order valence-electron chi connectivity index (χ2n) is 4.13. The standard InChI is InChI=1S/C11H13N5O3S/c1-16-6-9(12)10(15-16)11(17)14-7-2-4-8(5-3-7)20(13,18)19/h2-6H,12H2,1H3,(H,14,17)(H2,13,18,19). The molecule has 1 heterocycles. The maximum atomic E-state index is 11.9. The summed E-state index contributed by atoms with van der Waals surface area (Å²) >= 11 is 0. The largest absolute Gasteiger partial charge is 0.396 e. The van der Waals surface area contributed by atoms with Gasteiger partial charge < -0.3 is 11.1 Å². The van der Waals surface area contributed by atoms with E-state index in [-0.39, 0.29) is 16.3 Å². The van der Waals surface area contributed by atoms with Crippen LogP contribution in [0.3, 0.4) is 0 Å². The Kier molecular flexibility index (Phi) is 3.47. The van der Waals surface area contributed by atoms with Gasteiger partial charge in [0.15, 0.2) is 5.69 Å². The van der Waals surface area contributed by atoms with Crippen molar-refractivity contribution in [3.05, 3.63) is 36.2 Å². The van der Waals surface area contributed by atoms with Crippen molar-refractivity contribution in [3.8, 4) is 0 Å². The average Bonchev–Trinajstić information content (AvgIpc) is 2.68. The number of hydrogen-bond donors (Lipinski definition) is 3. The smallest absolute Gasteiger partial charge is 0.278 e. The minimum Gasteiger partial charge on any atom is -0.396 e. The quantitative estimate of drug-likeness (QED) is 0.727. The van der Waals surface area contributed by atoms with Crippen LogP contribution in [0.1, 0.15) is 10.5 Å². The third kappa shape index (κ3) is 2.95. The Morgan fingerprint density at radius 3 is 2.35 bits per heavy atom. The molecular weight excluding hydrogens is 282 g/mol. The molecule has 0 saturated heterocycles. The van der Waals surface area contributed by atoms with E-state index in [1.807, 2.05) is 0 Å². The number of nitrogens with one attached hydrogen (secondary N) is 1. The monoisotopic (exact) mass is 295 g/mol. The minimum absolute atomic E-state index is 0.0344. The van der Waals surface area contributed by atoms with Crippen LogP contribution in [0, 0.1) is 0 Å². The number of carbonyl (C=O) groups excluding carboxylic acids is 1. The van der Waals surface area contributed by atoms with Gasteiger partial charge in [0.25, 0.3) is 5.91 Å². The van der Waals surface area contributed by atoms with Gasteiger partial charge in [0, 0.05) is 18.9 Å². The molecular formula is C11H13N5O3S. The summed E-state index contributed by atoms with van der Waals surface area (Å²) in [5.74, 6) is -0.480. The Balaban J connectivity index is 2.18. The number of benzene rings is 1. The summed E-state index contributed by atoms with van der Waals surface area (Å²) in [6.45, 7) is 0. The molecule has 20 heavy (non-hydrogen) atoms. The molecule has 0 unspecified atom stereocenters. The number of rotatable bonds is 3. The van der Waals surface area contributed by atoms with E-state index in [9.17, 15) is 13.2 Å². The first-order valence-corrected chi connectivity index (χ1v) is 7.05. The summed E-state index contributed by atoms with van der Waals surface area (Å²) in [6.07, 6.45) is 1.51. The summed E-state index contributed by atoms with van der Waals surface area (Å²) in [4.78, 5) is 11.9. The molecule has 0 aliphatic rings. The van der Waals surface area contributed by atoms with Crippen molar-refractivity contribution in [2.45, 2.75) is 4.90 Å². The highest BCUT2D eigenvalue weighted by atomic mass is 32.2. The summed E-state index contributed by atoms with van der Waals surface area (Å²) in [5.41, 5.74) is 6.40. The lowest BCUT2D eigenvalue weighted by Gasteiger charge is -2.04. The van der Waals surface area contributed by atoms with Gasteiger partial charge in [-0.05, 0) is 24.3 Å². The van der Waals surface area contributed by atoms with E-state index in [0.717, 1.165) is 0 Å². The van der Waals surface area contributed by atoms with Crippen LogP contribution in [0.25, 0.3) is 0 Å². The highest BCUT2D eigenvalue weighted by molar-refractivity contribution is 7.89.